The molecule has 4 nitrogen and oxygen atoms in total. The van der Waals surface area contributed by atoms with E-state index in [9.17, 15) is 0 Å². The summed E-state index contributed by atoms with van der Waals surface area (Å²) in [5, 5.41) is 6.68. The minimum Gasteiger partial charge on any atom is -0.376 e. The average molecular weight is 482 g/mol. The summed E-state index contributed by atoms with van der Waals surface area (Å²) in [4.78, 5) is 4.24. The van der Waals surface area contributed by atoms with Crippen LogP contribution < -0.4 is 10.6 Å². The first-order chi connectivity index (χ1) is 10.3. The second kappa shape index (κ2) is 11.2. The predicted octanol–water partition coefficient (Wildman–Crippen LogP) is 3.34. The first-order valence-electron chi connectivity index (χ1n) is 7.58. The molecule has 0 bridgehead atoms. The van der Waals surface area contributed by atoms with Gasteiger partial charge in [-0.1, -0.05) is 28.1 Å². The molecule has 2 N–H and O–H groups in total. The van der Waals surface area contributed by atoms with Crippen molar-refractivity contribution < 1.29 is 4.74 Å². The Kier molecular flexibility index (Phi) is 10.1. The van der Waals surface area contributed by atoms with E-state index in [1.165, 1.54) is 12.0 Å². The van der Waals surface area contributed by atoms with Gasteiger partial charge in [-0.2, -0.15) is 0 Å². The van der Waals surface area contributed by atoms with E-state index < -0.39 is 0 Å². The van der Waals surface area contributed by atoms with Crippen molar-refractivity contribution in [1.29, 1.82) is 0 Å². The van der Waals surface area contributed by atoms with Gasteiger partial charge >= 0.3 is 0 Å². The van der Waals surface area contributed by atoms with Crippen LogP contribution in [0.5, 0.6) is 0 Å². The Morgan fingerprint density at radius 3 is 2.95 bits per heavy atom. The summed E-state index contributed by atoms with van der Waals surface area (Å²) < 4.78 is 6.73. The van der Waals surface area contributed by atoms with E-state index in [1.807, 2.05) is 0 Å². The molecule has 1 heterocycles. The number of rotatable bonds is 6. The zero-order valence-corrected chi connectivity index (χ0v) is 16.9. The van der Waals surface area contributed by atoms with Gasteiger partial charge in [0.25, 0.3) is 0 Å². The summed E-state index contributed by atoms with van der Waals surface area (Å²) in [5.74, 6) is 0.861. The van der Waals surface area contributed by atoms with Crippen LogP contribution in [-0.2, 0) is 11.2 Å². The highest BCUT2D eigenvalue weighted by Gasteiger charge is 2.15. The largest absolute Gasteiger partial charge is 0.376 e. The van der Waals surface area contributed by atoms with Crippen molar-refractivity contribution in [3.63, 3.8) is 0 Å². The molecule has 0 radical (unpaired) electrons. The van der Waals surface area contributed by atoms with Crippen molar-refractivity contribution in [2.45, 2.75) is 31.8 Å². The number of aliphatic imine (C=N–C) groups is 1. The van der Waals surface area contributed by atoms with Crippen LogP contribution in [0.3, 0.4) is 0 Å². The third kappa shape index (κ3) is 7.28. The Labute approximate surface area is 158 Å². The second-order valence-corrected chi connectivity index (χ2v) is 6.16. The van der Waals surface area contributed by atoms with Crippen molar-refractivity contribution in [3.8, 4) is 0 Å². The van der Waals surface area contributed by atoms with Crippen LogP contribution in [0.2, 0.25) is 0 Å². The maximum Gasteiger partial charge on any atom is 0.191 e. The van der Waals surface area contributed by atoms with E-state index in [0.717, 1.165) is 49.4 Å². The Balaban J connectivity index is 0.00000242. The number of halogens is 2. The van der Waals surface area contributed by atoms with Crippen molar-refractivity contribution in [2.24, 2.45) is 4.99 Å². The lowest BCUT2D eigenvalue weighted by atomic mass is 10.1. The lowest BCUT2D eigenvalue weighted by molar-refractivity contribution is 0.114. The first-order valence-corrected chi connectivity index (χ1v) is 8.38. The van der Waals surface area contributed by atoms with Crippen molar-refractivity contribution in [1.82, 2.24) is 10.6 Å². The van der Waals surface area contributed by atoms with Crippen molar-refractivity contribution in [3.05, 3.63) is 34.3 Å². The van der Waals surface area contributed by atoms with Crippen LogP contribution in [0.4, 0.5) is 0 Å². The Morgan fingerprint density at radius 1 is 1.41 bits per heavy atom. The van der Waals surface area contributed by atoms with Crippen LogP contribution in [0.15, 0.2) is 33.7 Å². The molecule has 0 amide bonds. The van der Waals surface area contributed by atoms with Gasteiger partial charge in [-0.15, -0.1) is 24.0 Å². The topological polar surface area (TPSA) is 45.7 Å². The van der Waals surface area contributed by atoms with Crippen LogP contribution in [0.1, 0.15) is 24.8 Å². The lowest BCUT2D eigenvalue weighted by Gasteiger charge is -2.15. The monoisotopic (exact) mass is 481 g/mol. The van der Waals surface area contributed by atoms with E-state index in [-0.39, 0.29) is 24.0 Å². The Bertz CT molecular complexity index is 464. The summed E-state index contributed by atoms with van der Waals surface area (Å²) in [6, 6.07) is 8.47. The SMILES string of the molecule is CN=C(NCCCc1cccc(Br)c1)NCC1CCCO1.I. The number of ether oxygens (including phenoxy) is 1. The quantitative estimate of drug-likeness (QED) is 0.283. The molecule has 0 aromatic heterocycles. The number of nitrogens with zero attached hydrogens (tertiary/aromatic N) is 1. The minimum atomic E-state index is 0. The smallest absolute Gasteiger partial charge is 0.191 e. The van der Waals surface area contributed by atoms with Crippen LogP contribution in [-0.4, -0.2) is 38.8 Å². The number of hydrogen-bond donors (Lipinski definition) is 2. The minimum absolute atomic E-state index is 0. The van der Waals surface area contributed by atoms with E-state index in [2.05, 4.69) is 55.8 Å². The highest BCUT2D eigenvalue weighted by molar-refractivity contribution is 14.0. The Hall–Kier alpha value is -0.340. The number of hydrogen-bond acceptors (Lipinski definition) is 2. The van der Waals surface area contributed by atoms with Gasteiger partial charge in [0.2, 0.25) is 0 Å². The van der Waals surface area contributed by atoms with Crippen molar-refractivity contribution >= 4 is 45.9 Å². The molecule has 22 heavy (non-hydrogen) atoms. The second-order valence-electron chi connectivity index (χ2n) is 5.25. The van der Waals surface area contributed by atoms with Crippen molar-refractivity contribution in [2.75, 3.05) is 26.7 Å². The predicted molar refractivity (Wildman–Crippen MR) is 106 cm³/mol. The molecule has 1 fully saturated rings. The number of nitrogens with one attached hydrogen (secondary N) is 2. The molecule has 1 aliphatic heterocycles. The van der Waals surface area contributed by atoms with Gasteiger partial charge in [-0.25, -0.2) is 0 Å². The van der Waals surface area contributed by atoms with Gasteiger partial charge in [0.1, 0.15) is 0 Å². The lowest BCUT2D eigenvalue weighted by Crippen LogP contribution is -2.41. The van der Waals surface area contributed by atoms with Gasteiger partial charge in [0, 0.05) is 31.2 Å². The number of benzene rings is 1. The summed E-state index contributed by atoms with van der Waals surface area (Å²) >= 11 is 3.50. The molecule has 0 saturated carbocycles. The summed E-state index contributed by atoms with van der Waals surface area (Å²) in [5.41, 5.74) is 1.36. The maximum atomic E-state index is 5.59. The van der Waals surface area contributed by atoms with Gasteiger partial charge in [-0.3, -0.25) is 4.99 Å². The normalized spacial score (nSPS) is 17.9. The van der Waals surface area contributed by atoms with E-state index in [4.69, 9.17) is 4.74 Å². The fraction of sp³-hybridized carbons (Fsp3) is 0.562. The summed E-state index contributed by atoms with van der Waals surface area (Å²) in [6.07, 6.45) is 4.80. The molecule has 1 saturated heterocycles. The molecule has 0 spiro atoms. The van der Waals surface area contributed by atoms with Gasteiger partial charge in [0.05, 0.1) is 6.10 Å². The number of aryl methyl sites for hydroxylation is 1. The zero-order valence-electron chi connectivity index (χ0n) is 13.0. The third-order valence-corrected chi connectivity index (χ3v) is 4.06. The fourth-order valence-electron chi connectivity index (χ4n) is 2.43. The van der Waals surface area contributed by atoms with Gasteiger partial charge in [-0.05, 0) is 43.4 Å². The molecule has 1 aromatic carbocycles. The van der Waals surface area contributed by atoms with Crippen LogP contribution >= 0.6 is 39.9 Å². The Morgan fingerprint density at radius 2 is 2.27 bits per heavy atom. The molecule has 124 valence electrons. The molecule has 1 aromatic rings. The molecular weight excluding hydrogens is 457 g/mol. The van der Waals surface area contributed by atoms with Crippen LogP contribution in [0.25, 0.3) is 0 Å². The van der Waals surface area contributed by atoms with E-state index in [1.54, 1.807) is 7.05 Å². The average Bonchev–Trinajstić information content (AvgIpc) is 3.00. The molecule has 6 heteroatoms. The molecule has 1 aliphatic rings. The van der Waals surface area contributed by atoms with Crippen LogP contribution in [0, 0.1) is 0 Å². The zero-order chi connectivity index (χ0) is 14.9. The standard InChI is InChI=1S/C16H24BrN3O.HI/c1-18-16(20-12-15-8-4-10-21-15)19-9-3-6-13-5-2-7-14(17)11-13;/h2,5,7,11,15H,3-4,6,8-10,12H2,1H3,(H2,18,19,20);1H. The fourth-order valence-corrected chi connectivity index (χ4v) is 2.87. The molecule has 0 aliphatic carbocycles. The van der Waals surface area contributed by atoms with E-state index in [0.29, 0.717) is 6.10 Å². The summed E-state index contributed by atoms with van der Waals surface area (Å²) in [7, 11) is 1.80. The first kappa shape index (κ1) is 19.7. The van der Waals surface area contributed by atoms with Gasteiger partial charge < -0.3 is 15.4 Å². The molecule has 2 rings (SSSR count). The maximum absolute atomic E-state index is 5.59. The third-order valence-electron chi connectivity index (χ3n) is 3.57. The van der Waals surface area contributed by atoms with E-state index >= 15 is 0 Å². The van der Waals surface area contributed by atoms with Gasteiger partial charge in [0.15, 0.2) is 5.96 Å². The number of guanidine groups is 1. The highest BCUT2D eigenvalue weighted by Crippen LogP contribution is 2.12. The molecule has 1 atom stereocenters. The summed E-state index contributed by atoms with van der Waals surface area (Å²) in [6.45, 7) is 2.65. The molecular formula is C16H25BrIN3O. The highest BCUT2D eigenvalue weighted by atomic mass is 127. The molecule has 1 unspecified atom stereocenters.